The normalized spacial score (nSPS) is 13.1. The third-order valence-corrected chi connectivity index (χ3v) is 3.00. The largest absolute Gasteiger partial charge is 0.449 e. The van der Waals surface area contributed by atoms with Crippen molar-refractivity contribution >= 4 is 11.0 Å². The standard InChI is InChI=1S/C15H9O3/c1-2-4-10(5-3-1)11-6-7-13-12(8-11)14-15(18-13)17-9-16-14/h1-7H,9H2. The predicted molar refractivity (Wildman–Crippen MR) is 66.6 cm³/mol. The minimum atomic E-state index is 0.216. The lowest BCUT2D eigenvalue weighted by molar-refractivity contribution is 0.154. The summed E-state index contributed by atoms with van der Waals surface area (Å²) in [6, 6.07) is 17.3. The van der Waals surface area contributed by atoms with Gasteiger partial charge in [0.05, 0.1) is 5.39 Å². The molecule has 0 aliphatic carbocycles. The van der Waals surface area contributed by atoms with Gasteiger partial charge in [0.25, 0.3) is 0 Å². The van der Waals surface area contributed by atoms with Crippen LogP contribution in [0, 0.1) is 6.07 Å². The molecule has 1 radical (unpaired) electrons. The van der Waals surface area contributed by atoms with E-state index >= 15 is 0 Å². The van der Waals surface area contributed by atoms with Gasteiger partial charge < -0.3 is 13.9 Å². The molecule has 0 amide bonds. The summed E-state index contributed by atoms with van der Waals surface area (Å²) in [5.41, 5.74) is 2.87. The molecule has 1 aliphatic rings. The number of ether oxygens (including phenoxy) is 2. The van der Waals surface area contributed by atoms with Crippen molar-refractivity contribution in [3.8, 4) is 22.8 Å². The Morgan fingerprint density at radius 1 is 0.944 bits per heavy atom. The number of fused-ring (bicyclic) bond motifs is 3. The van der Waals surface area contributed by atoms with Gasteiger partial charge in [-0.25, -0.2) is 0 Å². The average molecular weight is 237 g/mol. The van der Waals surface area contributed by atoms with Crippen LogP contribution in [0.3, 0.4) is 0 Å². The molecule has 0 bridgehead atoms. The SMILES string of the molecule is [c]1c(-c2ccccc2)ccc2oc3c(c12)OCO3. The van der Waals surface area contributed by atoms with Crippen LogP contribution >= 0.6 is 0 Å². The van der Waals surface area contributed by atoms with Crippen molar-refractivity contribution in [2.45, 2.75) is 0 Å². The first-order valence-electron chi connectivity index (χ1n) is 5.72. The number of benzene rings is 2. The van der Waals surface area contributed by atoms with E-state index in [1.807, 2.05) is 30.3 Å². The molecule has 0 atom stereocenters. The van der Waals surface area contributed by atoms with Crippen LogP contribution in [0.25, 0.3) is 22.1 Å². The lowest BCUT2D eigenvalue weighted by Crippen LogP contribution is -1.94. The summed E-state index contributed by atoms with van der Waals surface area (Å²) in [5.74, 6) is 1.11. The molecule has 3 aromatic rings. The highest BCUT2D eigenvalue weighted by Gasteiger charge is 2.23. The van der Waals surface area contributed by atoms with Crippen LogP contribution in [-0.2, 0) is 0 Å². The van der Waals surface area contributed by atoms with Crippen LogP contribution in [-0.4, -0.2) is 6.79 Å². The molecule has 2 heterocycles. The van der Waals surface area contributed by atoms with Crippen LogP contribution in [0.4, 0.5) is 0 Å². The van der Waals surface area contributed by atoms with Gasteiger partial charge in [0.1, 0.15) is 5.58 Å². The summed E-state index contributed by atoms with van der Waals surface area (Å²) < 4.78 is 16.1. The quantitative estimate of drug-likeness (QED) is 0.647. The summed E-state index contributed by atoms with van der Waals surface area (Å²) in [7, 11) is 0. The summed E-state index contributed by atoms with van der Waals surface area (Å²) in [4.78, 5) is 0. The van der Waals surface area contributed by atoms with Crippen molar-refractivity contribution in [1.82, 2.24) is 0 Å². The van der Waals surface area contributed by atoms with E-state index in [2.05, 4.69) is 18.2 Å². The Hall–Kier alpha value is -2.42. The molecule has 0 unspecified atom stereocenters. The first kappa shape index (κ1) is 9.59. The molecule has 0 saturated heterocycles. The molecule has 0 fully saturated rings. The summed E-state index contributed by atoms with van der Waals surface area (Å²) >= 11 is 0. The molecule has 1 aromatic heterocycles. The van der Waals surface area contributed by atoms with Crippen LogP contribution in [0.2, 0.25) is 0 Å². The van der Waals surface area contributed by atoms with Gasteiger partial charge in [-0.1, -0.05) is 30.3 Å². The number of rotatable bonds is 1. The van der Waals surface area contributed by atoms with Crippen LogP contribution in [0.1, 0.15) is 0 Å². The molecule has 3 nitrogen and oxygen atoms in total. The Morgan fingerprint density at radius 2 is 1.83 bits per heavy atom. The van der Waals surface area contributed by atoms with E-state index in [4.69, 9.17) is 13.9 Å². The van der Waals surface area contributed by atoms with Gasteiger partial charge >= 0.3 is 5.95 Å². The summed E-state index contributed by atoms with van der Waals surface area (Å²) in [6.45, 7) is 0.216. The van der Waals surface area contributed by atoms with Crippen molar-refractivity contribution in [1.29, 1.82) is 0 Å². The second kappa shape index (κ2) is 3.53. The number of hydrogen-bond donors (Lipinski definition) is 0. The zero-order chi connectivity index (χ0) is 11.9. The summed E-state index contributed by atoms with van der Waals surface area (Å²) in [5, 5.41) is 0.837. The van der Waals surface area contributed by atoms with Gasteiger partial charge in [-0.2, -0.15) is 0 Å². The van der Waals surface area contributed by atoms with Gasteiger partial charge in [-0.15, -0.1) is 0 Å². The molecule has 0 saturated carbocycles. The van der Waals surface area contributed by atoms with Gasteiger partial charge in [-0.05, 0) is 23.3 Å². The molecule has 2 aromatic carbocycles. The second-order valence-corrected chi connectivity index (χ2v) is 4.10. The van der Waals surface area contributed by atoms with Gasteiger partial charge in [0.15, 0.2) is 0 Å². The highest BCUT2D eigenvalue weighted by atomic mass is 16.7. The molecule has 4 rings (SSSR count). The third-order valence-electron chi connectivity index (χ3n) is 3.00. The van der Waals surface area contributed by atoms with E-state index < -0.39 is 0 Å². The fourth-order valence-corrected chi connectivity index (χ4v) is 2.14. The van der Waals surface area contributed by atoms with E-state index in [0.29, 0.717) is 11.7 Å². The van der Waals surface area contributed by atoms with Gasteiger partial charge in [0, 0.05) is 6.07 Å². The first-order valence-corrected chi connectivity index (χ1v) is 5.72. The molecule has 0 spiro atoms. The molecular formula is C15H9O3. The summed E-state index contributed by atoms with van der Waals surface area (Å²) in [6.07, 6.45) is 0. The van der Waals surface area contributed by atoms with E-state index in [0.717, 1.165) is 22.1 Å². The average Bonchev–Trinajstić information content (AvgIpc) is 2.99. The van der Waals surface area contributed by atoms with Crippen LogP contribution in [0.15, 0.2) is 46.9 Å². The predicted octanol–water partition coefficient (Wildman–Crippen LogP) is 3.63. The van der Waals surface area contributed by atoms with Gasteiger partial charge in [-0.3, -0.25) is 0 Å². The third kappa shape index (κ3) is 1.31. The van der Waals surface area contributed by atoms with E-state index in [-0.39, 0.29) is 6.79 Å². The monoisotopic (exact) mass is 237 g/mol. The maximum Gasteiger partial charge on any atom is 0.332 e. The molecular weight excluding hydrogens is 228 g/mol. The fourth-order valence-electron chi connectivity index (χ4n) is 2.14. The molecule has 18 heavy (non-hydrogen) atoms. The molecule has 1 aliphatic heterocycles. The lowest BCUT2D eigenvalue weighted by Gasteiger charge is -2.01. The fraction of sp³-hybridized carbons (Fsp3) is 0.0667. The minimum Gasteiger partial charge on any atom is -0.449 e. The minimum absolute atomic E-state index is 0.216. The Morgan fingerprint density at radius 3 is 2.72 bits per heavy atom. The van der Waals surface area contributed by atoms with Crippen molar-refractivity contribution < 1.29 is 13.9 Å². The lowest BCUT2D eigenvalue weighted by atomic mass is 10.0. The maximum atomic E-state index is 5.52. The van der Waals surface area contributed by atoms with Crippen LogP contribution < -0.4 is 9.47 Å². The van der Waals surface area contributed by atoms with Gasteiger partial charge in [0.2, 0.25) is 12.5 Å². The smallest absolute Gasteiger partial charge is 0.332 e. The Kier molecular flexibility index (Phi) is 1.88. The first-order chi connectivity index (χ1) is 8.92. The Balaban J connectivity index is 1.94. The molecule has 3 heteroatoms. The van der Waals surface area contributed by atoms with Crippen molar-refractivity contribution in [3.63, 3.8) is 0 Å². The van der Waals surface area contributed by atoms with Crippen molar-refractivity contribution in [2.75, 3.05) is 6.79 Å². The maximum absolute atomic E-state index is 5.52. The highest BCUT2D eigenvalue weighted by molar-refractivity contribution is 5.90. The zero-order valence-electron chi connectivity index (χ0n) is 9.47. The Bertz CT molecular complexity index is 713. The topological polar surface area (TPSA) is 31.6 Å². The van der Waals surface area contributed by atoms with E-state index in [1.165, 1.54) is 0 Å². The second-order valence-electron chi connectivity index (χ2n) is 4.10. The van der Waals surface area contributed by atoms with E-state index in [9.17, 15) is 0 Å². The number of hydrogen-bond acceptors (Lipinski definition) is 3. The molecule has 87 valence electrons. The van der Waals surface area contributed by atoms with E-state index in [1.54, 1.807) is 0 Å². The molecule has 0 N–H and O–H groups in total. The van der Waals surface area contributed by atoms with Crippen LogP contribution in [0.5, 0.6) is 11.7 Å². The Labute approximate surface area is 104 Å². The van der Waals surface area contributed by atoms with Crippen molar-refractivity contribution in [3.05, 3.63) is 48.5 Å². The zero-order valence-corrected chi connectivity index (χ0v) is 9.47. The number of furan rings is 1. The highest BCUT2D eigenvalue weighted by Crippen LogP contribution is 2.43. The van der Waals surface area contributed by atoms with Crippen molar-refractivity contribution in [2.24, 2.45) is 0 Å².